The fraction of sp³-hybridized carbons (Fsp3) is 0.250. The van der Waals surface area contributed by atoms with Crippen LogP contribution in [0.4, 0.5) is 5.95 Å². The van der Waals surface area contributed by atoms with Crippen LogP contribution in [0, 0.1) is 6.92 Å². The number of hydrogen-bond donors (Lipinski definition) is 1. The van der Waals surface area contributed by atoms with Crippen molar-refractivity contribution < 1.29 is 0 Å². The second kappa shape index (κ2) is 5.33. The van der Waals surface area contributed by atoms with Gasteiger partial charge in [0.05, 0.1) is 0 Å². The Balaban J connectivity index is 1.72. The zero-order chi connectivity index (χ0) is 13.9. The molecule has 0 amide bonds. The van der Waals surface area contributed by atoms with E-state index >= 15 is 0 Å². The van der Waals surface area contributed by atoms with E-state index in [0.717, 1.165) is 17.8 Å². The van der Waals surface area contributed by atoms with Crippen molar-refractivity contribution in [3.8, 4) is 0 Å². The van der Waals surface area contributed by atoms with Crippen LogP contribution in [-0.4, -0.2) is 21.1 Å². The Morgan fingerprint density at radius 1 is 1.15 bits per heavy atom. The first-order chi connectivity index (χ1) is 9.74. The molecule has 0 aliphatic rings. The topological polar surface area (TPSA) is 42.2 Å². The van der Waals surface area contributed by atoms with Crippen molar-refractivity contribution in [1.82, 2.24) is 14.6 Å². The predicted octanol–water partition coefficient (Wildman–Crippen LogP) is 3.25. The molecule has 0 fully saturated rings. The third kappa shape index (κ3) is 2.50. The summed E-state index contributed by atoms with van der Waals surface area (Å²) in [5, 5.41) is 7.75. The lowest BCUT2D eigenvalue weighted by atomic mass is 10.0. The van der Waals surface area contributed by atoms with E-state index in [0.29, 0.717) is 11.9 Å². The quantitative estimate of drug-likeness (QED) is 0.788. The second-order valence-corrected chi connectivity index (χ2v) is 5.09. The average Bonchev–Trinajstić information content (AvgIpc) is 2.90. The van der Waals surface area contributed by atoms with Crippen molar-refractivity contribution in [2.45, 2.75) is 19.8 Å². The molecule has 3 rings (SSSR count). The predicted molar refractivity (Wildman–Crippen MR) is 81.1 cm³/mol. The smallest absolute Gasteiger partial charge is 0.243 e. The molecule has 3 aromatic rings. The average molecular weight is 266 g/mol. The SMILES string of the molecule is Cc1cccn2nc(NCC(C)c3ccccc3)nc12. The van der Waals surface area contributed by atoms with E-state index in [4.69, 9.17) is 0 Å². The van der Waals surface area contributed by atoms with E-state index in [1.165, 1.54) is 5.56 Å². The maximum atomic E-state index is 4.52. The lowest BCUT2D eigenvalue weighted by Crippen LogP contribution is -2.10. The fourth-order valence-corrected chi connectivity index (χ4v) is 2.26. The van der Waals surface area contributed by atoms with E-state index in [9.17, 15) is 0 Å². The second-order valence-electron chi connectivity index (χ2n) is 5.09. The van der Waals surface area contributed by atoms with Crippen LogP contribution in [-0.2, 0) is 0 Å². The van der Waals surface area contributed by atoms with Gasteiger partial charge in [-0.05, 0) is 30.0 Å². The van der Waals surface area contributed by atoms with Crippen LogP contribution >= 0.6 is 0 Å². The molecule has 0 aliphatic heterocycles. The number of fused-ring (bicyclic) bond motifs is 1. The molecular weight excluding hydrogens is 248 g/mol. The molecule has 1 unspecified atom stereocenters. The molecule has 2 heterocycles. The van der Waals surface area contributed by atoms with Gasteiger partial charge in [-0.1, -0.05) is 43.3 Å². The number of hydrogen-bond acceptors (Lipinski definition) is 3. The van der Waals surface area contributed by atoms with E-state index in [-0.39, 0.29) is 0 Å². The lowest BCUT2D eigenvalue weighted by Gasteiger charge is -2.11. The van der Waals surface area contributed by atoms with Crippen molar-refractivity contribution in [3.63, 3.8) is 0 Å². The van der Waals surface area contributed by atoms with Crippen molar-refractivity contribution in [2.24, 2.45) is 0 Å². The highest BCUT2D eigenvalue weighted by molar-refractivity contribution is 5.49. The Labute approximate surface area is 118 Å². The third-order valence-corrected chi connectivity index (χ3v) is 3.49. The molecule has 0 bridgehead atoms. The first kappa shape index (κ1) is 12.7. The van der Waals surface area contributed by atoms with Gasteiger partial charge < -0.3 is 5.32 Å². The highest BCUT2D eigenvalue weighted by atomic mass is 15.3. The van der Waals surface area contributed by atoms with Gasteiger partial charge in [0.2, 0.25) is 5.95 Å². The van der Waals surface area contributed by atoms with Crippen molar-refractivity contribution in [2.75, 3.05) is 11.9 Å². The van der Waals surface area contributed by atoms with Gasteiger partial charge >= 0.3 is 0 Å². The molecule has 1 aromatic carbocycles. The Kier molecular flexibility index (Phi) is 3.37. The van der Waals surface area contributed by atoms with Gasteiger partial charge in [-0.15, -0.1) is 5.10 Å². The van der Waals surface area contributed by atoms with Crippen LogP contribution in [0.1, 0.15) is 24.0 Å². The number of aryl methyl sites for hydroxylation is 1. The van der Waals surface area contributed by atoms with Crippen LogP contribution < -0.4 is 5.32 Å². The fourth-order valence-electron chi connectivity index (χ4n) is 2.26. The van der Waals surface area contributed by atoms with Crippen molar-refractivity contribution >= 4 is 11.6 Å². The first-order valence-corrected chi connectivity index (χ1v) is 6.85. The maximum Gasteiger partial charge on any atom is 0.243 e. The molecule has 102 valence electrons. The minimum absolute atomic E-state index is 0.420. The van der Waals surface area contributed by atoms with E-state index in [1.54, 1.807) is 0 Å². The van der Waals surface area contributed by atoms with Gasteiger partial charge in [-0.25, -0.2) is 4.52 Å². The summed E-state index contributed by atoms with van der Waals surface area (Å²) in [7, 11) is 0. The summed E-state index contributed by atoms with van der Waals surface area (Å²) < 4.78 is 1.81. The van der Waals surface area contributed by atoms with Gasteiger partial charge in [-0.2, -0.15) is 4.98 Å². The van der Waals surface area contributed by atoms with Gasteiger partial charge in [0.15, 0.2) is 5.65 Å². The number of aromatic nitrogens is 3. The maximum absolute atomic E-state index is 4.52. The Morgan fingerprint density at radius 2 is 1.95 bits per heavy atom. The molecule has 0 spiro atoms. The largest absolute Gasteiger partial charge is 0.352 e. The van der Waals surface area contributed by atoms with Gasteiger partial charge in [0.25, 0.3) is 0 Å². The summed E-state index contributed by atoms with van der Waals surface area (Å²) in [4.78, 5) is 4.52. The molecular formula is C16H18N4. The normalized spacial score (nSPS) is 12.5. The van der Waals surface area contributed by atoms with Crippen LogP contribution in [0.3, 0.4) is 0 Å². The molecule has 4 nitrogen and oxygen atoms in total. The highest BCUT2D eigenvalue weighted by Gasteiger charge is 2.08. The van der Waals surface area contributed by atoms with Crippen molar-refractivity contribution in [3.05, 3.63) is 59.8 Å². The Bertz CT molecular complexity index is 703. The summed E-state index contributed by atoms with van der Waals surface area (Å²) >= 11 is 0. The summed E-state index contributed by atoms with van der Waals surface area (Å²) in [6.07, 6.45) is 1.92. The summed E-state index contributed by atoms with van der Waals surface area (Å²) in [6, 6.07) is 14.5. The molecule has 0 radical (unpaired) electrons. The molecule has 4 heteroatoms. The lowest BCUT2D eigenvalue weighted by molar-refractivity contribution is 0.795. The van der Waals surface area contributed by atoms with Crippen LogP contribution in [0.15, 0.2) is 48.7 Å². The van der Waals surface area contributed by atoms with Gasteiger partial charge in [0, 0.05) is 12.7 Å². The molecule has 1 atom stereocenters. The van der Waals surface area contributed by atoms with Crippen molar-refractivity contribution in [1.29, 1.82) is 0 Å². The molecule has 0 saturated carbocycles. The molecule has 2 aromatic heterocycles. The molecule has 0 saturated heterocycles. The van der Waals surface area contributed by atoms with Crippen LogP contribution in [0.2, 0.25) is 0 Å². The molecule has 1 N–H and O–H groups in total. The Morgan fingerprint density at radius 3 is 2.70 bits per heavy atom. The third-order valence-electron chi connectivity index (χ3n) is 3.49. The monoisotopic (exact) mass is 266 g/mol. The van der Waals surface area contributed by atoms with E-state index in [1.807, 2.05) is 35.8 Å². The summed E-state index contributed by atoms with van der Waals surface area (Å²) in [5.41, 5.74) is 3.35. The van der Waals surface area contributed by atoms with Gasteiger partial charge in [-0.3, -0.25) is 0 Å². The summed E-state index contributed by atoms with van der Waals surface area (Å²) in [5.74, 6) is 1.10. The Hall–Kier alpha value is -2.36. The number of pyridine rings is 1. The number of rotatable bonds is 4. The first-order valence-electron chi connectivity index (χ1n) is 6.85. The number of nitrogens with one attached hydrogen (secondary N) is 1. The zero-order valence-electron chi connectivity index (χ0n) is 11.7. The van der Waals surface area contributed by atoms with E-state index in [2.05, 4.69) is 46.6 Å². The number of benzene rings is 1. The molecule has 0 aliphatic carbocycles. The number of nitrogens with zero attached hydrogens (tertiary/aromatic N) is 3. The van der Waals surface area contributed by atoms with Gasteiger partial charge in [0.1, 0.15) is 0 Å². The molecule has 20 heavy (non-hydrogen) atoms. The summed E-state index contributed by atoms with van der Waals surface area (Å²) in [6.45, 7) is 5.06. The number of anilines is 1. The highest BCUT2D eigenvalue weighted by Crippen LogP contribution is 2.15. The minimum Gasteiger partial charge on any atom is -0.352 e. The zero-order valence-corrected chi connectivity index (χ0v) is 11.7. The van der Waals surface area contributed by atoms with Crippen LogP contribution in [0.5, 0.6) is 0 Å². The standard InChI is InChI=1S/C16H18N4/c1-12-7-6-10-20-15(12)18-16(19-20)17-11-13(2)14-8-4-3-5-9-14/h3-10,13H,11H2,1-2H3,(H,17,19). The minimum atomic E-state index is 0.420. The van der Waals surface area contributed by atoms with E-state index < -0.39 is 0 Å². The van der Waals surface area contributed by atoms with Crippen LogP contribution in [0.25, 0.3) is 5.65 Å².